The zero-order chi connectivity index (χ0) is 21.1. The molecular formula is C22H20N4O3S. The van der Waals surface area contributed by atoms with Crippen molar-refractivity contribution >= 4 is 28.2 Å². The normalized spacial score (nSPS) is 10.7. The van der Waals surface area contributed by atoms with Crippen molar-refractivity contribution in [2.75, 3.05) is 5.32 Å². The van der Waals surface area contributed by atoms with Crippen LogP contribution in [0.4, 0.5) is 5.00 Å². The fourth-order valence-corrected chi connectivity index (χ4v) is 4.30. The molecule has 0 aliphatic rings. The molecular weight excluding hydrogens is 400 g/mol. The number of anilines is 1. The van der Waals surface area contributed by atoms with Crippen LogP contribution in [-0.2, 0) is 13.6 Å². The second kappa shape index (κ2) is 8.38. The van der Waals surface area contributed by atoms with Crippen molar-refractivity contribution in [2.24, 2.45) is 7.05 Å². The van der Waals surface area contributed by atoms with Crippen molar-refractivity contribution in [2.45, 2.75) is 13.5 Å². The lowest BCUT2D eigenvalue weighted by Crippen LogP contribution is -2.25. The molecule has 0 fully saturated rings. The summed E-state index contributed by atoms with van der Waals surface area (Å²) >= 11 is 1.37. The number of thiophene rings is 1. The Morgan fingerprint density at radius 1 is 1.10 bits per heavy atom. The third-order valence-electron chi connectivity index (χ3n) is 4.66. The fourth-order valence-electron chi connectivity index (χ4n) is 3.23. The van der Waals surface area contributed by atoms with Crippen LogP contribution in [0.5, 0.6) is 0 Å². The van der Waals surface area contributed by atoms with Crippen molar-refractivity contribution in [3.63, 3.8) is 0 Å². The summed E-state index contributed by atoms with van der Waals surface area (Å²) < 4.78 is 6.80. The van der Waals surface area contributed by atoms with Crippen molar-refractivity contribution in [1.29, 1.82) is 0 Å². The van der Waals surface area contributed by atoms with Crippen LogP contribution >= 0.6 is 11.3 Å². The smallest absolute Gasteiger partial charge is 0.274 e. The van der Waals surface area contributed by atoms with Crippen molar-refractivity contribution in [3.05, 3.63) is 82.9 Å². The molecule has 3 heterocycles. The molecule has 2 N–H and O–H groups in total. The number of amides is 2. The van der Waals surface area contributed by atoms with E-state index in [9.17, 15) is 9.59 Å². The topological polar surface area (TPSA) is 89.2 Å². The van der Waals surface area contributed by atoms with Gasteiger partial charge in [0.05, 0.1) is 18.4 Å². The van der Waals surface area contributed by atoms with Crippen LogP contribution in [0.15, 0.2) is 65.4 Å². The molecule has 0 unspecified atom stereocenters. The minimum absolute atomic E-state index is 0.254. The molecule has 4 rings (SSSR count). The molecule has 7 nitrogen and oxygen atoms in total. The zero-order valence-electron chi connectivity index (χ0n) is 16.5. The molecule has 0 spiro atoms. The standard InChI is InChI=1S/C22H20N4O3S/c1-14-18(15-7-4-3-5-8-15)19(21(28)23-13-16-9-6-12-29-16)22(30-14)25-20(27)17-10-11-24-26(17)2/h3-12H,13H2,1-2H3,(H,23,28)(H,25,27). The molecule has 4 aromatic rings. The highest BCUT2D eigenvalue weighted by molar-refractivity contribution is 7.17. The highest BCUT2D eigenvalue weighted by Gasteiger charge is 2.25. The number of aryl methyl sites for hydroxylation is 2. The van der Waals surface area contributed by atoms with Crippen molar-refractivity contribution in [1.82, 2.24) is 15.1 Å². The predicted octanol–water partition coefficient (Wildman–Crippen LogP) is 4.23. The Balaban J connectivity index is 1.71. The van der Waals surface area contributed by atoms with Crippen LogP contribution in [0.25, 0.3) is 11.1 Å². The summed E-state index contributed by atoms with van der Waals surface area (Å²) in [5.74, 6) is 0.0443. The number of nitrogens with one attached hydrogen (secondary N) is 2. The van der Waals surface area contributed by atoms with Gasteiger partial charge in [-0.05, 0) is 30.7 Å². The monoisotopic (exact) mass is 420 g/mol. The zero-order valence-corrected chi connectivity index (χ0v) is 17.3. The SMILES string of the molecule is Cc1sc(NC(=O)c2ccnn2C)c(C(=O)NCc2ccco2)c1-c1ccccc1. The summed E-state index contributed by atoms with van der Waals surface area (Å²) in [6.07, 6.45) is 3.12. The van der Waals surface area contributed by atoms with Crippen molar-refractivity contribution in [3.8, 4) is 11.1 Å². The summed E-state index contributed by atoms with van der Waals surface area (Å²) in [6, 6.07) is 14.9. The van der Waals surface area contributed by atoms with Gasteiger partial charge >= 0.3 is 0 Å². The Morgan fingerprint density at radius 2 is 1.90 bits per heavy atom. The van der Waals surface area contributed by atoms with Crippen LogP contribution in [0, 0.1) is 6.92 Å². The Hall–Kier alpha value is -3.65. The van der Waals surface area contributed by atoms with Gasteiger partial charge in [0.15, 0.2) is 0 Å². The van der Waals surface area contributed by atoms with Gasteiger partial charge in [-0.15, -0.1) is 11.3 Å². The molecule has 0 radical (unpaired) electrons. The van der Waals surface area contributed by atoms with E-state index in [-0.39, 0.29) is 18.4 Å². The summed E-state index contributed by atoms with van der Waals surface area (Å²) in [5.41, 5.74) is 2.56. The minimum Gasteiger partial charge on any atom is -0.467 e. The van der Waals surface area contributed by atoms with Crippen LogP contribution in [-0.4, -0.2) is 21.6 Å². The minimum atomic E-state index is -0.323. The summed E-state index contributed by atoms with van der Waals surface area (Å²) in [6.45, 7) is 2.19. The van der Waals surface area contributed by atoms with Gasteiger partial charge in [-0.1, -0.05) is 30.3 Å². The van der Waals surface area contributed by atoms with Gasteiger partial charge < -0.3 is 15.1 Å². The maximum Gasteiger partial charge on any atom is 0.274 e. The average molecular weight is 420 g/mol. The molecule has 2 amide bonds. The fraction of sp³-hybridized carbons (Fsp3) is 0.136. The molecule has 0 aliphatic carbocycles. The summed E-state index contributed by atoms with van der Waals surface area (Å²) in [7, 11) is 1.70. The number of rotatable bonds is 6. The van der Waals surface area contributed by atoms with Gasteiger partial charge in [-0.25, -0.2) is 0 Å². The number of hydrogen-bond donors (Lipinski definition) is 2. The molecule has 8 heteroatoms. The lowest BCUT2D eigenvalue weighted by molar-refractivity contribution is 0.0950. The first kappa shape index (κ1) is 19.7. The van der Waals surface area contributed by atoms with Gasteiger partial charge in [0, 0.05) is 23.7 Å². The summed E-state index contributed by atoms with van der Waals surface area (Å²) in [4.78, 5) is 26.9. The second-order valence-corrected chi connectivity index (χ2v) is 7.88. The number of hydrogen-bond acceptors (Lipinski definition) is 5. The first-order chi connectivity index (χ1) is 14.5. The van der Waals surface area contributed by atoms with Crippen LogP contribution in [0.1, 0.15) is 31.5 Å². The Morgan fingerprint density at radius 3 is 2.57 bits per heavy atom. The van der Waals surface area contributed by atoms with Crippen LogP contribution < -0.4 is 10.6 Å². The van der Waals surface area contributed by atoms with E-state index in [1.807, 2.05) is 37.3 Å². The average Bonchev–Trinajstić information content (AvgIpc) is 3.47. The number of aromatic nitrogens is 2. The van der Waals surface area contributed by atoms with E-state index >= 15 is 0 Å². The van der Waals surface area contributed by atoms with Crippen LogP contribution in [0.3, 0.4) is 0 Å². The molecule has 0 atom stereocenters. The number of nitrogens with zero attached hydrogens (tertiary/aromatic N) is 2. The van der Waals surface area contributed by atoms with E-state index in [2.05, 4.69) is 15.7 Å². The molecule has 0 aliphatic heterocycles. The van der Waals surface area contributed by atoms with E-state index < -0.39 is 0 Å². The van der Waals surface area contributed by atoms with Gasteiger partial charge in [0.1, 0.15) is 16.5 Å². The highest BCUT2D eigenvalue weighted by atomic mass is 32.1. The molecule has 0 saturated heterocycles. The maximum atomic E-state index is 13.2. The quantitative estimate of drug-likeness (QED) is 0.488. The first-order valence-corrected chi connectivity index (χ1v) is 10.1. The maximum absolute atomic E-state index is 13.2. The lowest BCUT2D eigenvalue weighted by Gasteiger charge is -2.10. The van der Waals surface area contributed by atoms with Gasteiger partial charge in [-0.3, -0.25) is 14.3 Å². The van der Waals surface area contributed by atoms with Gasteiger partial charge in [0.25, 0.3) is 11.8 Å². The number of benzene rings is 1. The van der Waals surface area contributed by atoms with Gasteiger partial charge in [-0.2, -0.15) is 5.10 Å². The number of furan rings is 1. The number of carbonyl (C=O) groups is 2. The largest absolute Gasteiger partial charge is 0.467 e. The Labute approximate surface area is 177 Å². The first-order valence-electron chi connectivity index (χ1n) is 9.33. The summed E-state index contributed by atoms with van der Waals surface area (Å²) in [5, 5.41) is 10.3. The molecule has 1 aromatic carbocycles. The molecule has 3 aromatic heterocycles. The molecule has 30 heavy (non-hydrogen) atoms. The van der Waals surface area contributed by atoms with Gasteiger partial charge in [0.2, 0.25) is 0 Å². The van der Waals surface area contributed by atoms with Crippen molar-refractivity contribution < 1.29 is 14.0 Å². The third kappa shape index (κ3) is 3.90. The lowest BCUT2D eigenvalue weighted by atomic mass is 10.0. The molecule has 152 valence electrons. The highest BCUT2D eigenvalue weighted by Crippen LogP contribution is 2.40. The predicted molar refractivity (Wildman–Crippen MR) is 116 cm³/mol. The van der Waals surface area contributed by atoms with E-state index in [1.165, 1.54) is 16.0 Å². The van der Waals surface area contributed by atoms with E-state index in [0.29, 0.717) is 22.0 Å². The second-order valence-electron chi connectivity index (χ2n) is 6.66. The Bertz CT molecular complexity index is 1180. The van der Waals surface area contributed by atoms with Crippen LogP contribution in [0.2, 0.25) is 0 Å². The molecule has 0 bridgehead atoms. The third-order valence-corrected chi connectivity index (χ3v) is 5.68. The number of carbonyl (C=O) groups excluding carboxylic acids is 2. The van der Waals surface area contributed by atoms with E-state index in [4.69, 9.17) is 4.42 Å². The molecule has 0 saturated carbocycles. The van der Waals surface area contributed by atoms with E-state index in [1.54, 1.807) is 37.7 Å². The van der Waals surface area contributed by atoms with E-state index in [0.717, 1.165) is 16.0 Å². The Kier molecular flexibility index (Phi) is 5.49.